The van der Waals surface area contributed by atoms with E-state index in [9.17, 15) is 14.7 Å². The van der Waals surface area contributed by atoms with Crippen molar-refractivity contribution in [2.24, 2.45) is 5.41 Å². The smallest absolute Gasteiger partial charge is 0.407 e. The molecule has 0 spiro atoms. The van der Waals surface area contributed by atoms with Crippen LogP contribution in [-0.2, 0) is 23.6 Å². The van der Waals surface area contributed by atoms with E-state index in [-0.39, 0.29) is 18.9 Å². The van der Waals surface area contributed by atoms with Crippen molar-refractivity contribution in [3.63, 3.8) is 0 Å². The Bertz CT molecular complexity index is 998. The van der Waals surface area contributed by atoms with E-state index in [2.05, 4.69) is 0 Å². The number of nitrogens with zero attached hydrogens (tertiary/aromatic N) is 1. The number of carbonyl (C=O) groups excluding carboxylic acids is 1. The molecule has 1 heterocycles. The second kappa shape index (κ2) is 8.90. The molecule has 0 radical (unpaired) electrons. The van der Waals surface area contributed by atoms with Crippen molar-refractivity contribution in [1.29, 1.82) is 0 Å². The maximum absolute atomic E-state index is 16.2. The first-order valence-corrected chi connectivity index (χ1v) is 10.5. The lowest BCUT2D eigenvalue weighted by molar-refractivity contribution is -0.129. The Morgan fingerprint density at radius 3 is 2.28 bits per heavy atom. The highest BCUT2D eigenvalue weighted by molar-refractivity contribution is 5.94. The fourth-order valence-electron chi connectivity index (χ4n) is 4.37. The van der Waals surface area contributed by atoms with Gasteiger partial charge in [0.05, 0.1) is 32.9 Å². The molecule has 2 unspecified atom stereocenters. The number of amides is 1. The monoisotopic (exact) mass is 443 g/mol. The fraction of sp³-hybridized carbons (Fsp3) is 0.440. The fourth-order valence-corrected chi connectivity index (χ4v) is 4.37. The summed E-state index contributed by atoms with van der Waals surface area (Å²) < 4.78 is 27.2. The molecule has 0 bridgehead atoms. The number of benzene rings is 2. The maximum Gasteiger partial charge on any atom is 0.407 e. The Balaban J connectivity index is 1.84. The molecule has 0 aliphatic carbocycles. The van der Waals surface area contributed by atoms with E-state index in [0.717, 1.165) is 16.2 Å². The molecule has 172 valence electrons. The molecule has 1 saturated heterocycles. The van der Waals surface area contributed by atoms with Crippen LogP contribution in [0.4, 0.5) is 9.18 Å². The standard InChI is InChI=1S/C25H30FNO5/c1-16(28)19-10-18(14-32-13-17-6-8-21(31-5)9-7-17)11-20(12-19)25(26)15-27(23(29)30)22(25)24(2,3)4/h6-12,22H,13-15H2,1-5H3,(H,29,30). The van der Waals surface area contributed by atoms with Crippen LogP contribution in [0, 0.1) is 5.41 Å². The minimum Gasteiger partial charge on any atom is -0.497 e. The maximum atomic E-state index is 16.2. The summed E-state index contributed by atoms with van der Waals surface area (Å²) >= 11 is 0. The summed E-state index contributed by atoms with van der Waals surface area (Å²) in [5, 5.41) is 9.48. The third-order valence-corrected chi connectivity index (χ3v) is 5.79. The molecule has 0 aromatic heterocycles. The van der Waals surface area contributed by atoms with Gasteiger partial charge in [-0.2, -0.15) is 0 Å². The van der Waals surface area contributed by atoms with Crippen LogP contribution in [0.25, 0.3) is 0 Å². The molecule has 1 amide bonds. The Labute approximate surface area is 187 Å². The van der Waals surface area contributed by atoms with E-state index < -0.39 is 23.2 Å². The van der Waals surface area contributed by atoms with E-state index >= 15 is 4.39 Å². The van der Waals surface area contributed by atoms with Crippen LogP contribution in [0.5, 0.6) is 5.75 Å². The molecule has 1 aliphatic rings. The van der Waals surface area contributed by atoms with Crippen LogP contribution >= 0.6 is 0 Å². The van der Waals surface area contributed by atoms with E-state index in [1.54, 1.807) is 19.2 Å². The zero-order valence-corrected chi connectivity index (χ0v) is 19.1. The number of hydrogen-bond donors (Lipinski definition) is 1. The topological polar surface area (TPSA) is 76.1 Å². The Hall–Kier alpha value is -2.93. The van der Waals surface area contributed by atoms with Gasteiger partial charge in [0.15, 0.2) is 11.5 Å². The first kappa shape index (κ1) is 23.7. The van der Waals surface area contributed by atoms with Gasteiger partial charge in [0, 0.05) is 5.56 Å². The van der Waals surface area contributed by atoms with E-state index in [1.807, 2.05) is 45.0 Å². The third kappa shape index (κ3) is 4.78. The molecule has 7 heteroatoms. The number of carboxylic acid groups (broad SMARTS) is 1. The molecular formula is C25H30FNO5. The highest BCUT2D eigenvalue weighted by Gasteiger charge is 2.61. The Morgan fingerprint density at radius 2 is 1.75 bits per heavy atom. The molecule has 2 atom stereocenters. The largest absolute Gasteiger partial charge is 0.497 e. The van der Waals surface area contributed by atoms with Crippen molar-refractivity contribution in [2.75, 3.05) is 13.7 Å². The highest BCUT2D eigenvalue weighted by atomic mass is 19.1. The summed E-state index contributed by atoms with van der Waals surface area (Å²) in [6.07, 6.45) is -1.15. The van der Waals surface area contributed by atoms with Crippen LogP contribution < -0.4 is 4.74 Å². The zero-order chi connectivity index (χ0) is 23.7. The zero-order valence-electron chi connectivity index (χ0n) is 19.1. The Kier molecular flexibility index (Phi) is 6.60. The van der Waals surface area contributed by atoms with Gasteiger partial charge >= 0.3 is 6.09 Å². The van der Waals surface area contributed by atoms with Gasteiger partial charge < -0.3 is 14.6 Å². The normalized spacial score (nSPS) is 20.6. The molecule has 1 fully saturated rings. The minimum absolute atomic E-state index is 0.187. The van der Waals surface area contributed by atoms with Crippen molar-refractivity contribution in [2.45, 2.75) is 52.6 Å². The first-order chi connectivity index (χ1) is 15.0. The molecule has 1 aliphatic heterocycles. The number of ether oxygens (including phenoxy) is 2. The quantitative estimate of drug-likeness (QED) is 0.596. The van der Waals surface area contributed by atoms with Crippen molar-refractivity contribution in [3.05, 3.63) is 64.7 Å². The van der Waals surface area contributed by atoms with Gasteiger partial charge in [-0.25, -0.2) is 9.18 Å². The minimum atomic E-state index is -1.88. The number of hydrogen-bond acceptors (Lipinski definition) is 4. The predicted molar refractivity (Wildman–Crippen MR) is 119 cm³/mol. The summed E-state index contributed by atoms with van der Waals surface area (Å²) in [6, 6.07) is 11.5. The molecule has 2 aromatic carbocycles. The number of halogens is 1. The van der Waals surface area contributed by atoms with Crippen molar-refractivity contribution in [1.82, 2.24) is 4.90 Å². The first-order valence-electron chi connectivity index (χ1n) is 10.5. The number of Topliss-reactive ketones (excluding diaryl/α,β-unsaturated/α-hetero) is 1. The summed E-state index contributed by atoms with van der Waals surface area (Å²) in [6.45, 7) is 7.15. The average molecular weight is 444 g/mol. The molecule has 1 N–H and O–H groups in total. The van der Waals surface area contributed by atoms with E-state index in [4.69, 9.17) is 9.47 Å². The molecule has 6 nitrogen and oxygen atoms in total. The van der Waals surface area contributed by atoms with E-state index in [1.165, 1.54) is 13.0 Å². The molecule has 2 aromatic rings. The molecular weight excluding hydrogens is 413 g/mol. The van der Waals surface area contributed by atoms with Crippen LogP contribution in [0.3, 0.4) is 0 Å². The molecule has 0 saturated carbocycles. The number of rotatable bonds is 7. The number of ketones is 1. The van der Waals surface area contributed by atoms with Gasteiger partial charge in [0.25, 0.3) is 0 Å². The number of carbonyl (C=O) groups is 2. The summed E-state index contributed by atoms with van der Waals surface area (Å²) in [5.74, 6) is 0.568. The van der Waals surface area contributed by atoms with Gasteiger partial charge in [0.2, 0.25) is 0 Å². The second-order valence-electron chi connectivity index (χ2n) is 9.36. The van der Waals surface area contributed by atoms with Crippen molar-refractivity contribution < 1.29 is 28.6 Å². The summed E-state index contributed by atoms with van der Waals surface area (Å²) in [7, 11) is 1.60. The summed E-state index contributed by atoms with van der Waals surface area (Å²) in [5.41, 5.74) is -0.191. The number of alkyl halides is 1. The lowest BCUT2D eigenvalue weighted by atomic mass is 9.67. The predicted octanol–water partition coefficient (Wildman–Crippen LogP) is 5.19. The van der Waals surface area contributed by atoms with Crippen LogP contribution in [0.1, 0.15) is 54.7 Å². The third-order valence-electron chi connectivity index (χ3n) is 5.79. The van der Waals surface area contributed by atoms with Crippen LogP contribution in [-0.4, -0.2) is 41.6 Å². The number of likely N-dealkylation sites (tertiary alicyclic amines) is 1. The molecule has 32 heavy (non-hydrogen) atoms. The lowest BCUT2D eigenvalue weighted by Gasteiger charge is -2.56. The highest BCUT2D eigenvalue weighted by Crippen LogP contribution is 2.50. The van der Waals surface area contributed by atoms with Crippen LogP contribution in [0.2, 0.25) is 0 Å². The van der Waals surface area contributed by atoms with Crippen molar-refractivity contribution >= 4 is 11.9 Å². The second-order valence-corrected chi connectivity index (χ2v) is 9.36. The average Bonchev–Trinajstić information content (AvgIpc) is 2.70. The molecule has 3 rings (SSSR count). The van der Waals surface area contributed by atoms with E-state index in [0.29, 0.717) is 23.3 Å². The SMILES string of the molecule is COc1ccc(COCc2cc(C(C)=O)cc(C3(F)CN(C(=O)O)C3C(C)(C)C)c2)cc1. The van der Waals surface area contributed by atoms with Crippen LogP contribution in [0.15, 0.2) is 42.5 Å². The van der Waals surface area contributed by atoms with Gasteiger partial charge in [-0.05, 0) is 53.3 Å². The van der Waals surface area contributed by atoms with Gasteiger partial charge in [0.1, 0.15) is 5.75 Å². The van der Waals surface area contributed by atoms with Gasteiger partial charge in [-0.15, -0.1) is 0 Å². The number of methoxy groups -OCH3 is 1. The van der Waals surface area contributed by atoms with Crippen molar-refractivity contribution in [3.8, 4) is 5.75 Å². The summed E-state index contributed by atoms with van der Waals surface area (Å²) in [4.78, 5) is 24.8. The van der Waals surface area contributed by atoms with Gasteiger partial charge in [-0.3, -0.25) is 9.69 Å². The lowest BCUT2D eigenvalue weighted by Crippen LogP contribution is -2.70. The Morgan fingerprint density at radius 1 is 1.12 bits per heavy atom. The van der Waals surface area contributed by atoms with Gasteiger partial charge in [-0.1, -0.05) is 39.0 Å².